The third-order valence-corrected chi connectivity index (χ3v) is 3.37. The van der Waals surface area contributed by atoms with Gasteiger partial charge in [0.1, 0.15) is 0 Å². The first-order chi connectivity index (χ1) is 10.4. The molecule has 2 aromatic heterocycles. The average Bonchev–Trinajstić information content (AvgIpc) is 2.90. The molecule has 0 aromatic carbocycles. The molecule has 1 N–H and O–H groups in total. The van der Waals surface area contributed by atoms with Crippen LogP contribution in [0.3, 0.4) is 0 Å². The Kier molecular flexibility index (Phi) is 4.85. The van der Waals surface area contributed by atoms with Crippen molar-refractivity contribution in [2.24, 2.45) is 0 Å². The predicted octanol–water partition coefficient (Wildman–Crippen LogP) is 3.68. The van der Waals surface area contributed by atoms with Crippen molar-refractivity contribution < 1.29 is 18.3 Å². The van der Waals surface area contributed by atoms with Gasteiger partial charge < -0.3 is 5.11 Å². The zero-order valence-electron chi connectivity index (χ0n) is 12.4. The number of nitrogens with zero attached hydrogens (tertiary/aromatic N) is 3. The Hall–Kier alpha value is -1.89. The molecule has 22 heavy (non-hydrogen) atoms. The largest absolute Gasteiger partial charge is 0.417 e. The van der Waals surface area contributed by atoms with Crippen LogP contribution in [0.1, 0.15) is 49.6 Å². The van der Waals surface area contributed by atoms with E-state index in [-0.39, 0.29) is 0 Å². The molecule has 2 rings (SSSR count). The van der Waals surface area contributed by atoms with Crippen molar-refractivity contribution in [3.05, 3.63) is 41.3 Å². The van der Waals surface area contributed by atoms with Crippen LogP contribution in [0.2, 0.25) is 0 Å². The van der Waals surface area contributed by atoms with Gasteiger partial charge in [-0.25, -0.2) is 9.67 Å². The molecule has 0 bridgehead atoms. The Labute approximate surface area is 126 Å². The molecule has 0 radical (unpaired) electrons. The zero-order valence-corrected chi connectivity index (χ0v) is 12.4. The number of aromatic nitrogens is 3. The fourth-order valence-electron chi connectivity index (χ4n) is 2.16. The van der Waals surface area contributed by atoms with E-state index in [2.05, 4.69) is 10.1 Å². The van der Waals surface area contributed by atoms with E-state index < -0.39 is 17.8 Å². The molecule has 0 aliphatic carbocycles. The third-order valence-electron chi connectivity index (χ3n) is 3.37. The van der Waals surface area contributed by atoms with Crippen LogP contribution in [-0.2, 0) is 12.6 Å². The van der Waals surface area contributed by atoms with E-state index in [1.165, 1.54) is 10.7 Å². The topological polar surface area (TPSA) is 50.9 Å². The lowest BCUT2D eigenvalue weighted by molar-refractivity contribution is -0.137. The number of halogens is 3. The summed E-state index contributed by atoms with van der Waals surface area (Å²) >= 11 is 0. The molecule has 1 atom stereocenters. The highest BCUT2D eigenvalue weighted by molar-refractivity contribution is 5.30. The maximum absolute atomic E-state index is 12.5. The lowest BCUT2D eigenvalue weighted by Crippen LogP contribution is -2.07. The van der Waals surface area contributed by atoms with Gasteiger partial charge in [0.25, 0.3) is 0 Å². The summed E-state index contributed by atoms with van der Waals surface area (Å²) in [5, 5.41) is 14.4. The van der Waals surface area contributed by atoms with Crippen LogP contribution in [0, 0.1) is 0 Å². The SMILES string of the molecule is CCCc1nn(-c2ccc(C(F)(F)F)cn2)cc1C(O)CC. The Morgan fingerprint density at radius 3 is 2.50 bits per heavy atom. The molecule has 7 heteroatoms. The van der Waals surface area contributed by atoms with E-state index in [0.717, 1.165) is 24.4 Å². The molecule has 0 aliphatic heterocycles. The Morgan fingerprint density at radius 2 is 2.00 bits per heavy atom. The number of hydrogen-bond acceptors (Lipinski definition) is 3. The first kappa shape index (κ1) is 16.5. The molecular weight excluding hydrogens is 295 g/mol. The molecule has 2 heterocycles. The number of rotatable bonds is 5. The summed E-state index contributed by atoms with van der Waals surface area (Å²) in [6.07, 6.45) is -0.526. The minimum atomic E-state index is -4.41. The van der Waals surface area contributed by atoms with Gasteiger partial charge in [-0.15, -0.1) is 0 Å². The minimum absolute atomic E-state index is 0.292. The summed E-state index contributed by atoms with van der Waals surface area (Å²) in [6.45, 7) is 3.85. The van der Waals surface area contributed by atoms with Crippen LogP contribution < -0.4 is 0 Å². The monoisotopic (exact) mass is 313 g/mol. The van der Waals surface area contributed by atoms with Crippen LogP contribution in [0.25, 0.3) is 5.82 Å². The van der Waals surface area contributed by atoms with E-state index in [0.29, 0.717) is 24.2 Å². The van der Waals surface area contributed by atoms with Crippen molar-refractivity contribution >= 4 is 0 Å². The second-order valence-electron chi connectivity index (χ2n) is 5.05. The number of aliphatic hydroxyl groups excluding tert-OH is 1. The second-order valence-corrected chi connectivity index (χ2v) is 5.05. The molecule has 120 valence electrons. The normalized spacial score (nSPS) is 13.4. The molecule has 0 fully saturated rings. The van der Waals surface area contributed by atoms with Crippen molar-refractivity contribution in [2.45, 2.75) is 45.4 Å². The quantitative estimate of drug-likeness (QED) is 0.916. The standard InChI is InChI=1S/C15H18F3N3O/c1-3-5-12-11(13(22)4-2)9-21(20-12)14-7-6-10(8-19-14)15(16,17)18/h6-9,13,22H,3-5H2,1-2H3. The maximum atomic E-state index is 12.5. The number of hydrogen-bond donors (Lipinski definition) is 1. The first-order valence-corrected chi connectivity index (χ1v) is 7.17. The van der Waals surface area contributed by atoms with Crippen LogP contribution in [0.15, 0.2) is 24.5 Å². The Balaban J connectivity index is 2.36. The molecule has 1 unspecified atom stereocenters. The van der Waals surface area contributed by atoms with E-state index in [4.69, 9.17) is 0 Å². The molecule has 0 saturated carbocycles. The van der Waals surface area contributed by atoms with Crippen LogP contribution in [0.4, 0.5) is 13.2 Å². The predicted molar refractivity (Wildman–Crippen MR) is 75.6 cm³/mol. The number of alkyl halides is 3. The molecule has 4 nitrogen and oxygen atoms in total. The summed E-state index contributed by atoms with van der Waals surface area (Å²) in [4.78, 5) is 3.81. The number of pyridine rings is 1. The Bertz CT molecular complexity index is 620. The summed E-state index contributed by atoms with van der Waals surface area (Å²) in [5.41, 5.74) is 0.649. The van der Waals surface area contributed by atoms with Gasteiger partial charge in [0.15, 0.2) is 5.82 Å². The van der Waals surface area contributed by atoms with Crippen molar-refractivity contribution in [1.82, 2.24) is 14.8 Å². The average molecular weight is 313 g/mol. The maximum Gasteiger partial charge on any atom is 0.417 e. The van der Waals surface area contributed by atoms with Crippen LogP contribution >= 0.6 is 0 Å². The van der Waals surface area contributed by atoms with Gasteiger partial charge in [-0.1, -0.05) is 20.3 Å². The van der Waals surface area contributed by atoms with Gasteiger partial charge in [0.2, 0.25) is 0 Å². The highest BCUT2D eigenvalue weighted by atomic mass is 19.4. The fraction of sp³-hybridized carbons (Fsp3) is 0.467. The molecule has 0 aliphatic rings. The van der Waals surface area contributed by atoms with Gasteiger partial charge in [0, 0.05) is 18.0 Å². The molecule has 2 aromatic rings. The van der Waals surface area contributed by atoms with Gasteiger partial charge in [-0.2, -0.15) is 18.3 Å². The minimum Gasteiger partial charge on any atom is -0.388 e. The van der Waals surface area contributed by atoms with Crippen LogP contribution in [-0.4, -0.2) is 19.9 Å². The lowest BCUT2D eigenvalue weighted by atomic mass is 10.1. The molecular formula is C15H18F3N3O. The molecule has 0 amide bonds. The van der Waals surface area contributed by atoms with E-state index in [1.807, 2.05) is 13.8 Å². The van der Waals surface area contributed by atoms with Crippen molar-refractivity contribution in [3.8, 4) is 5.82 Å². The van der Waals surface area contributed by atoms with Crippen LogP contribution in [0.5, 0.6) is 0 Å². The second kappa shape index (κ2) is 6.48. The smallest absolute Gasteiger partial charge is 0.388 e. The molecule has 0 spiro atoms. The van der Waals surface area contributed by atoms with Crippen molar-refractivity contribution in [2.75, 3.05) is 0 Å². The van der Waals surface area contributed by atoms with Crippen molar-refractivity contribution in [1.29, 1.82) is 0 Å². The van der Waals surface area contributed by atoms with Gasteiger partial charge >= 0.3 is 6.18 Å². The Morgan fingerprint density at radius 1 is 1.27 bits per heavy atom. The summed E-state index contributed by atoms with van der Waals surface area (Å²) in [6, 6.07) is 2.24. The third kappa shape index (κ3) is 3.47. The molecule has 0 saturated heterocycles. The number of aliphatic hydroxyl groups is 1. The zero-order chi connectivity index (χ0) is 16.3. The highest BCUT2D eigenvalue weighted by Gasteiger charge is 2.30. The van der Waals surface area contributed by atoms with E-state index in [1.54, 1.807) is 6.20 Å². The number of aryl methyl sites for hydroxylation is 1. The van der Waals surface area contributed by atoms with Gasteiger partial charge in [0.05, 0.1) is 17.4 Å². The van der Waals surface area contributed by atoms with E-state index in [9.17, 15) is 18.3 Å². The lowest BCUT2D eigenvalue weighted by Gasteiger charge is -2.07. The van der Waals surface area contributed by atoms with Crippen molar-refractivity contribution in [3.63, 3.8) is 0 Å². The summed E-state index contributed by atoms with van der Waals surface area (Å²) < 4.78 is 39.1. The summed E-state index contributed by atoms with van der Waals surface area (Å²) in [7, 11) is 0. The van der Waals surface area contributed by atoms with E-state index >= 15 is 0 Å². The summed E-state index contributed by atoms with van der Waals surface area (Å²) in [5.74, 6) is 0.292. The van der Waals surface area contributed by atoms with Gasteiger partial charge in [-0.05, 0) is 25.0 Å². The first-order valence-electron chi connectivity index (χ1n) is 7.17. The van der Waals surface area contributed by atoms with Gasteiger partial charge in [-0.3, -0.25) is 0 Å². The highest BCUT2D eigenvalue weighted by Crippen LogP contribution is 2.29. The fourth-order valence-corrected chi connectivity index (χ4v) is 2.16.